The predicted molar refractivity (Wildman–Crippen MR) is 61.0 cm³/mol. The van der Waals surface area contributed by atoms with Gasteiger partial charge in [-0.25, -0.2) is 4.79 Å². The average Bonchev–Trinajstić information content (AvgIpc) is 2.29. The molecule has 2 unspecified atom stereocenters. The van der Waals surface area contributed by atoms with Crippen molar-refractivity contribution in [1.29, 1.82) is 0 Å². The van der Waals surface area contributed by atoms with E-state index in [1.807, 2.05) is 6.08 Å². The van der Waals surface area contributed by atoms with Crippen molar-refractivity contribution in [3.05, 3.63) is 12.2 Å². The lowest BCUT2D eigenvalue weighted by Gasteiger charge is -2.27. The molecule has 16 heavy (non-hydrogen) atoms. The molecule has 0 saturated heterocycles. The van der Waals surface area contributed by atoms with Crippen LogP contribution in [0.1, 0.15) is 39.5 Å². The van der Waals surface area contributed by atoms with Crippen molar-refractivity contribution in [3.8, 4) is 0 Å². The Morgan fingerprint density at radius 3 is 2.62 bits per heavy atom. The van der Waals surface area contributed by atoms with Crippen LogP contribution in [0.3, 0.4) is 0 Å². The van der Waals surface area contributed by atoms with Crippen molar-refractivity contribution in [3.63, 3.8) is 0 Å². The molecular formula is C12H19NO3. The molecule has 0 aliphatic heterocycles. The van der Waals surface area contributed by atoms with Crippen LogP contribution in [0.25, 0.3) is 0 Å². The van der Waals surface area contributed by atoms with Crippen LogP contribution >= 0.6 is 0 Å². The van der Waals surface area contributed by atoms with Crippen LogP contribution < -0.4 is 5.32 Å². The summed E-state index contributed by atoms with van der Waals surface area (Å²) >= 11 is 0. The SMILES string of the molecule is CCC(C)(NC(=O)C1CC=CCC1)C(=O)O. The van der Waals surface area contributed by atoms with Crippen LogP contribution in [0.2, 0.25) is 0 Å². The number of nitrogens with one attached hydrogen (secondary N) is 1. The summed E-state index contributed by atoms with van der Waals surface area (Å²) in [5.41, 5.74) is -1.14. The fraction of sp³-hybridized carbons (Fsp3) is 0.667. The van der Waals surface area contributed by atoms with Gasteiger partial charge in [-0.15, -0.1) is 0 Å². The van der Waals surface area contributed by atoms with Crippen molar-refractivity contribution in [1.82, 2.24) is 5.32 Å². The summed E-state index contributed by atoms with van der Waals surface area (Å²) in [5.74, 6) is -1.19. The minimum atomic E-state index is -1.14. The molecule has 0 saturated carbocycles. The van der Waals surface area contributed by atoms with E-state index in [4.69, 9.17) is 5.11 Å². The fourth-order valence-corrected chi connectivity index (χ4v) is 1.70. The van der Waals surface area contributed by atoms with Gasteiger partial charge < -0.3 is 10.4 Å². The highest BCUT2D eigenvalue weighted by atomic mass is 16.4. The molecule has 2 atom stereocenters. The lowest BCUT2D eigenvalue weighted by Crippen LogP contribution is -2.53. The third kappa shape index (κ3) is 2.84. The normalized spacial score (nSPS) is 23.5. The molecule has 0 bridgehead atoms. The lowest BCUT2D eigenvalue weighted by molar-refractivity contribution is -0.147. The van der Waals surface area contributed by atoms with Crippen LogP contribution in [-0.2, 0) is 9.59 Å². The van der Waals surface area contributed by atoms with E-state index in [2.05, 4.69) is 11.4 Å². The second-order valence-corrected chi connectivity index (χ2v) is 4.46. The van der Waals surface area contributed by atoms with Gasteiger partial charge in [0.05, 0.1) is 0 Å². The van der Waals surface area contributed by atoms with Crippen molar-refractivity contribution < 1.29 is 14.7 Å². The molecule has 0 aromatic carbocycles. The Balaban J connectivity index is 2.61. The number of carbonyl (C=O) groups excluding carboxylic acids is 1. The molecule has 0 spiro atoms. The Morgan fingerprint density at radius 1 is 1.50 bits per heavy atom. The summed E-state index contributed by atoms with van der Waals surface area (Å²) in [7, 11) is 0. The topological polar surface area (TPSA) is 66.4 Å². The van der Waals surface area contributed by atoms with Gasteiger partial charge in [-0.1, -0.05) is 19.1 Å². The second-order valence-electron chi connectivity index (χ2n) is 4.46. The average molecular weight is 225 g/mol. The summed E-state index contributed by atoms with van der Waals surface area (Å²) in [4.78, 5) is 22.9. The molecule has 2 N–H and O–H groups in total. The Morgan fingerprint density at radius 2 is 2.19 bits per heavy atom. The van der Waals surface area contributed by atoms with E-state index in [0.29, 0.717) is 12.8 Å². The molecule has 1 aliphatic carbocycles. The van der Waals surface area contributed by atoms with Gasteiger partial charge in [-0.3, -0.25) is 4.79 Å². The standard InChI is InChI=1S/C12H19NO3/c1-3-12(2,11(15)16)13-10(14)9-7-5-4-6-8-9/h4-5,9H,3,6-8H2,1-2H3,(H,13,14)(H,15,16). The molecule has 0 fully saturated rings. The zero-order valence-corrected chi connectivity index (χ0v) is 9.82. The first-order valence-electron chi connectivity index (χ1n) is 5.70. The number of carboxylic acid groups (broad SMARTS) is 1. The van der Waals surface area contributed by atoms with Crippen LogP contribution in [0.5, 0.6) is 0 Å². The minimum Gasteiger partial charge on any atom is -0.480 e. The van der Waals surface area contributed by atoms with Crippen molar-refractivity contribution in [2.75, 3.05) is 0 Å². The molecule has 0 radical (unpaired) electrons. The molecule has 90 valence electrons. The van der Waals surface area contributed by atoms with Crippen molar-refractivity contribution in [2.45, 2.75) is 45.1 Å². The van der Waals surface area contributed by atoms with Gasteiger partial charge in [0.1, 0.15) is 5.54 Å². The first-order chi connectivity index (χ1) is 7.49. The van der Waals surface area contributed by atoms with Crippen LogP contribution in [0.15, 0.2) is 12.2 Å². The molecular weight excluding hydrogens is 206 g/mol. The lowest BCUT2D eigenvalue weighted by atomic mass is 9.91. The molecule has 4 heteroatoms. The van der Waals surface area contributed by atoms with Gasteiger partial charge in [-0.2, -0.15) is 0 Å². The molecule has 0 heterocycles. The van der Waals surface area contributed by atoms with E-state index in [0.717, 1.165) is 12.8 Å². The Labute approximate surface area is 95.7 Å². The number of rotatable bonds is 4. The summed E-state index contributed by atoms with van der Waals surface area (Å²) in [6.07, 6.45) is 6.84. The smallest absolute Gasteiger partial charge is 0.329 e. The number of carboxylic acids is 1. The van der Waals surface area contributed by atoms with Gasteiger partial charge in [0.2, 0.25) is 5.91 Å². The van der Waals surface area contributed by atoms with E-state index in [-0.39, 0.29) is 11.8 Å². The van der Waals surface area contributed by atoms with E-state index in [9.17, 15) is 9.59 Å². The monoisotopic (exact) mass is 225 g/mol. The van der Waals surface area contributed by atoms with E-state index in [1.54, 1.807) is 13.8 Å². The highest BCUT2D eigenvalue weighted by Gasteiger charge is 2.34. The number of aliphatic carboxylic acids is 1. The molecule has 0 aromatic rings. The Bertz CT molecular complexity index is 311. The zero-order chi connectivity index (χ0) is 12.2. The molecule has 4 nitrogen and oxygen atoms in total. The molecule has 1 amide bonds. The number of amides is 1. The third-order valence-corrected chi connectivity index (χ3v) is 3.22. The number of hydrogen-bond acceptors (Lipinski definition) is 2. The Kier molecular flexibility index (Phi) is 4.10. The van der Waals surface area contributed by atoms with E-state index >= 15 is 0 Å². The summed E-state index contributed by atoms with van der Waals surface area (Å²) < 4.78 is 0. The highest BCUT2D eigenvalue weighted by molar-refractivity contribution is 5.87. The molecule has 1 aliphatic rings. The minimum absolute atomic E-state index is 0.0739. The maximum absolute atomic E-state index is 11.9. The van der Waals surface area contributed by atoms with Gasteiger partial charge in [0.15, 0.2) is 0 Å². The van der Waals surface area contributed by atoms with Gasteiger partial charge in [-0.05, 0) is 32.6 Å². The molecule has 1 rings (SSSR count). The summed E-state index contributed by atoms with van der Waals surface area (Å²) in [6.45, 7) is 3.31. The van der Waals surface area contributed by atoms with Gasteiger partial charge >= 0.3 is 5.97 Å². The maximum Gasteiger partial charge on any atom is 0.329 e. The van der Waals surface area contributed by atoms with Crippen molar-refractivity contribution in [2.24, 2.45) is 5.92 Å². The number of allylic oxidation sites excluding steroid dienone is 2. The van der Waals surface area contributed by atoms with Crippen molar-refractivity contribution >= 4 is 11.9 Å². The number of carbonyl (C=O) groups is 2. The molecule has 0 aromatic heterocycles. The fourth-order valence-electron chi connectivity index (χ4n) is 1.70. The summed E-state index contributed by atoms with van der Waals surface area (Å²) in [5, 5.41) is 11.7. The predicted octanol–water partition coefficient (Wildman–Crippen LogP) is 1.71. The first-order valence-corrected chi connectivity index (χ1v) is 5.70. The van der Waals surface area contributed by atoms with E-state index in [1.165, 1.54) is 0 Å². The van der Waals surface area contributed by atoms with Crippen LogP contribution in [0.4, 0.5) is 0 Å². The Hall–Kier alpha value is -1.32. The second kappa shape index (κ2) is 5.14. The van der Waals surface area contributed by atoms with Gasteiger partial charge in [0, 0.05) is 5.92 Å². The first kappa shape index (κ1) is 12.7. The van der Waals surface area contributed by atoms with Crippen LogP contribution in [0, 0.1) is 5.92 Å². The third-order valence-electron chi connectivity index (χ3n) is 3.22. The highest BCUT2D eigenvalue weighted by Crippen LogP contribution is 2.20. The number of hydrogen-bond donors (Lipinski definition) is 2. The maximum atomic E-state index is 11.9. The summed E-state index contributed by atoms with van der Waals surface area (Å²) in [6, 6.07) is 0. The van der Waals surface area contributed by atoms with Crippen LogP contribution in [-0.4, -0.2) is 22.5 Å². The van der Waals surface area contributed by atoms with Gasteiger partial charge in [0.25, 0.3) is 0 Å². The quantitative estimate of drug-likeness (QED) is 0.716. The largest absolute Gasteiger partial charge is 0.480 e. The zero-order valence-electron chi connectivity index (χ0n) is 9.82. The van der Waals surface area contributed by atoms with E-state index < -0.39 is 11.5 Å².